The van der Waals surface area contributed by atoms with Crippen LogP contribution in [0.25, 0.3) is 28.9 Å². The molecule has 26 heavy (non-hydrogen) atoms. The maximum absolute atomic E-state index is 10.8. The van der Waals surface area contributed by atoms with E-state index in [1.54, 1.807) is 18.9 Å². The molecule has 5 rings (SSSR count). The minimum absolute atomic E-state index is 0.169. The van der Waals surface area contributed by atoms with E-state index in [9.17, 15) is 5.11 Å². The van der Waals surface area contributed by atoms with Crippen LogP contribution >= 0.6 is 0 Å². The molecule has 0 bridgehead atoms. The maximum Gasteiger partial charge on any atom is 0.123 e. The predicted molar refractivity (Wildman–Crippen MR) is 106 cm³/mol. The first-order valence-corrected chi connectivity index (χ1v) is 9.65. The van der Waals surface area contributed by atoms with Gasteiger partial charge in [-0.1, -0.05) is 48.8 Å². The van der Waals surface area contributed by atoms with E-state index in [1.165, 1.54) is 47.6 Å². The van der Waals surface area contributed by atoms with Crippen LogP contribution in [0.2, 0.25) is 0 Å². The van der Waals surface area contributed by atoms with Crippen molar-refractivity contribution < 1.29 is 9.84 Å². The lowest BCUT2D eigenvalue weighted by atomic mass is 9.63. The van der Waals surface area contributed by atoms with Gasteiger partial charge in [-0.2, -0.15) is 0 Å². The number of phenolic OH excluding ortho intramolecular Hbond substituents is 1. The van der Waals surface area contributed by atoms with Gasteiger partial charge in [-0.25, -0.2) is 0 Å². The van der Waals surface area contributed by atoms with E-state index >= 15 is 0 Å². The van der Waals surface area contributed by atoms with Crippen molar-refractivity contribution >= 4 is 17.7 Å². The van der Waals surface area contributed by atoms with Crippen molar-refractivity contribution in [3.8, 4) is 16.9 Å². The summed E-state index contributed by atoms with van der Waals surface area (Å²) in [5.74, 6) is 0.393. The van der Waals surface area contributed by atoms with Crippen LogP contribution in [0.5, 0.6) is 5.75 Å². The standard InChI is InChI=1S/C24H24O2/c1-26-14-11-16-15-21(25)18-8-6-10-20-23(18)22(16)17-7-2-3-9-19(17)24(20)12-4-5-13-24/h2-3,7-9,11,14-15,25H,4-6,10,12-13H2,1H3/b14-11+. The molecule has 1 N–H and O–H groups in total. The number of methoxy groups -OCH3 is 1. The Morgan fingerprint density at radius 2 is 1.96 bits per heavy atom. The van der Waals surface area contributed by atoms with Crippen molar-refractivity contribution in [3.05, 3.63) is 58.2 Å². The fraction of sp³-hybridized carbons (Fsp3) is 0.333. The number of aromatic hydroxyl groups is 1. The van der Waals surface area contributed by atoms with Crippen molar-refractivity contribution in [2.45, 2.75) is 43.9 Å². The highest BCUT2D eigenvalue weighted by Gasteiger charge is 2.44. The third kappa shape index (κ3) is 1.99. The van der Waals surface area contributed by atoms with Gasteiger partial charge < -0.3 is 9.84 Å². The molecule has 0 radical (unpaired) electrons. The number of ether oxygens (including phenoxy) is 1. The fourth-order valence-electron chi connectivity index (χ4n) is 5.58. The van der Waals surface area contributed by atoms with Gasteiger partial charge in [-0.05, 0) is 65.3 Å². The quantitative estimate of drug-likeness (QED) is 0.826. The lowest BCUT2D eigenvalue weighted by Crippen LogP contribution is -2.43. The van der Waals surface area contributed by atoms with Crippen molar-refractivity contribution in [3.63, 3.8) is 0 Å². The van der Waals surface area contributed by atoms with Gasteiger partial charge in [-0.15, -0.1) is 0 Å². The summed E-state index contributed by atoms with van der Waals surface area (Å²) in [6, 6.07) is 10.8. The van der Waals surface area contributed by atoms with E-state index in [-0.39, 0.29) is 5.41 Å². The predicted octanol–water partition coefficient (Wildman–Crippen LogP) is 4.23. The second-order valence-electron chi connectivity index (χ2n) is 7.74. The second kappa shape index (κ2) is 5.77. The Morgan fingerprint density at radius 1 is 1.15 bits per heavy atom. The molecule has 0 atom stereocenters. The number of fused-ring (bicyclic) bond motifs is 4. The van der Waals surface area contributed by atoms with Gasteiger partial charge in [0.05, 0.1) is 13.4 Å². The first-order valence-electron chi connectivity index (χ1n) is 9.65. The molecule has 2 aromatic carbocycles. The number of phenols is 1. The molecule has 0 heterocycles. The largest absolute Gasteiger partial charge is 0.507 e. The molecule has 3 aliphatic rings. The zero-order valence-electron chi connectivity index (χ0n) is 15.2. The van der Waals surface area contributed by atoms with Gasteiger partial charge in [0.25, 0.3) is 0 Å². The molecule has 2 aromatic rings. The molecule has 0 aromatic heterocycles. The lowest BCUT2D eigenvalue weighted by Gasteiger charge is -2.40. The first kappa shape index (κ1) is 15.7. The van der Waals surface area contributed by atoms with Crippen LogP contribution in [-0.4, -0.2) is 12.2 Å². The van der Waals surface area contributed by atoms with E-state index in [0.29, 0.717) is 5.75 Å². The van der Waals surface area contributed by atoms with E-state index in [0.717, 1.165) is 23.6 Å². The van der Waals surface area contributed by atoms with Gasteiger partial charge in [0.2, 0.25) is 0 Å². The Labute approximate surface area is 154 Å². The van der Waals surface area contributed by atoms with Crippen molar-refractivity contribution in [1.82, 2.24) is 0 Å². The molecular weight excluding hydrogens is 320 g/mol. The molecular formula is C24H24O2. The fourth-order valence-corrected chi connectivity index (χ4v) is 5.58. The Kier molecular flexibility index (Phi) is 3.49. The van der Waals surface area contributed by atoms with E-state index in [4.69, 9.17) is 4.74 Å². The summed E-state index contributed by atoms with van der Waals surface area (Å²) >= 11 is 0. The SMILES string of the molecule is CO/C=C/c1cc(O)c2c3c1-c1ccccc1C1(CCCC1)C=3CCC=2. The molecule has 1 saturated carbocycles. The molecule has 1 spiro atoms. The van der Waals surface area contributed by atoms with Crippen molar-refractivity contribution in [1.29, 1.82) is 0 Å². The third-order valence-corrected chi connectivity index (χ3v) is 6.55. The van der Waals surface area contributed by atoms with Gasteiger partial charge in [0, 0.05) is 10.6 Å². The Bertz CT molecular complexity index is 1040. The Balaban J connectivity index is 1.99. The molecule has 3 aliphatic carbocycles. The van der Waals surface area contributed by atoms with Crippen LogP contribution in [0.4, 0.5) is 0 Å². The van der Waals surface area contributed by atoms with Crippen LogP contribution in [0.15, 0.2) is 36.6 Å². The number of rotatable bonds is 2. The van der Waals surface area contributed by atoms with Gasteiger partial charge in [0.15, 0.2) is 0 Å². The zero-order chi connectivity index (χ0) is 17.7. The average Bonchev–Trinajstić information content (AvgIpc) is 3.16. The summed E-state index contributed by atoms with van der Waals surface area (Å²) in [6.45, 7) is 0. The molecule has 132 valence electrons. The summed E-state index contributed by atoms with van der Waals surface area (Å²) in [4.78, 5) is 0. The van der Waals surface area contributed by atoms with Crippen LogP contribution in [0, 0.1) is 0 Å². The molecule has 0 aliphatic heterocycles. The van der Waals surface area contributed by atoms with E-state index < -0.39 is 0 Å². The zero-order valence-corrected chi connectivity index (χ0v) is 15.2. The third-order valence-electron chi connectivity index (χ3n) is 6.55. The monoisotopic (exact) mass is 344 g/mol. The molecule has 0 saturated heterocycles. The van der Waals surface area contributed by atoms with Crippen LogP contribution in [0.1, 0.15) is 49.7 Å². The molecule has 0 unspecified atom stereocenters. The maximum atomic E-state index is 10.8. The summed E-state index contributed by atoms with van der Waals surface area (Å²) in [5.41, 5.74) is 6.86. The molecule has 0 amide bonds. The highest BCUT2D eigenvalue weighted by molar-refractivity contribution is 5.88. The minimum atomic E-state index is 0.169. The second-order valence-corrected chi connectivity index (χ2v) is 7.74. The van der Waals surface area contributed by atoms with Gasteiger partial charge >= 0.3 is 0 Å². The lowest BCUT2D eigenvalue weighted by molar-refractivity contribution is 0.341. The van der Waals surface area contributed by atoms with Crippen molar-refractivity contribution in [2.75, 3.05) is 7.11 Å². The van der Waals surface area contributed by atoms with Crippen LogP contribution < -0.4 is 10.4 Å². The van der Waals surface area contributed by atoms with Crippen LogP contribution in [0.3, 0.4) is 0 Å². The first-order chi connectivity index (χ1) is 12.8. The number of benzene rings is 2. The topological polar surface area (TPSA) is 29.5 Å². The smallest absolute Gasteiger partial charge is 0.123 e. The highest BCUT2D eigenvalue weighted by atomic mass is 16.5. The highest BCUT2D eigenvalue weighted by Crippen LogP contribution is 2.53. The molecule has 2 nitrogen and oxygen atoms in total. The molecule has 1 fully saturated rings. The minimum Gasteiger partial charge on any atom is -0.507 e. The van der Waals surface area contributed by atoms with Crippen molar-refractivity contribution in [2.24, 2.45) is 0 Å². The summed E-state index contributed by atoms with van der Waals surface area (Å²) in [7, 11) is 1.66. The Hall–Kier alpha value is -2.48. The van der Waals surface area contributed by atoms with E-state index in [2.05, 4.69) is 30.3 Å². The van der Waals surface area contributed by atoms with Gasteiger partial charge in [0.1, 0.15) is 5.75 Å². The Morgan fingerprint density at radius 3 is 2.77 bits per heavy atom. The average molecular weight is 344 g/mol. The number of hydrogen-bond acceptors (Lipinski definition) is 2. The van der Waals surface area contributed by atoms with Gasteiger partial charge in [-0.3, -0.25) is 0 Å². The molecule has 2 heteroatoms. The summed E-state index contributed by atoms with van der Waals surface area (Å²) in [6.07, 6.45) is 13.1. The normalized spacial score (nSPS) is 19.3. The number of hydrogen-bond donors (Lipinski definition) is 1. The summed E-state index contributed by atoms with van der Waals surface area (Å²) in [5, 5.41) is 13.1. The van der Waals surface area contributed by atoms with Crippen LogP contribution in [-0.2, 0) is 10.2 Å². The summed E-state index contributed by atoms with van der Waals surface area (Å²) < 4.78 is 5.18. The van der Waals surface area contributed by atoms with E-state index in [1.807, 2.05) is 12.1 Å².